The molecule has 4 aliphatic heterocycles. The average molecular weight is 595 g/mol. The number of benzene rings is 4. The van der Waals surface area contributed by atoms with E-state index in [9.17, 15) is 5.11 Å². The van der Waals surface area contributed by atoms with E-state index >= 15 is 0 Å². The number of likely N-dealkylation sites (N-methyl/N-ethyl adjacent to an activating group) is 1. The first-order valence-electron chi connectivity index (χ1n) is 15.1. The number of methoxy groups -OCH3 is 3. The molecular weight excluding hydrogens is 556 g/mol. The van der Waals surface area contributed by atoms with Gasteiger partial charge in [0.15, 0.2) is 34.5 Å². The van der Waals surface area contributed by atoms with Gasteiger partial charge in [0, 0.05) is 24.2 Å². The van der Waals surface area contributed by atoms with E-state index in [1.165, 1.54) is 11.1 Å². The second-order valence-corrected chi connectivity index (χ2v) is 11.8. The van der Waals surface area contributed by atoms with E-state index in [2.05, 4.69) is 47.6 Å². The SMILES string of the molecule is COc1ccc2cc1Oc1ccc(cc1)C[C@H]1NCCc3cc(OC)c(cc31)Oc1c(O)c(OC)cc3c1[C@@H](C2)N(C)CC3. The molecule has 2 atom stereocenters. The zero-order chi connectivity index (χ0) is 30.4. The van der Waals surface area contributed by atoms with Crippen LogP contribution in [0.15, 0.2) is 60.7 Å². The van der Waals surface area contributed by atoms with Crippen LogP contribution in [0.2, 0.25) is 0 Å². The van der Waals surface area contributed by atoms with Crippen molar-refractivity contribution in [2.45, 2.75) is 37.8 Å². The molecule has 0 aromatic heterocycles. The highest BCUT2D eigenvalue weighted by Gasteiger charge is 2.34. The van der Waals surface area contributed by atoms with Crippen molar-refractivity contribution < 1.29 is 28.8 Å². The third-order valence-corrected chi connectivity index (χ3v) is 9.21. The molecule has 0 radical (unpaired) electrons. The van der Waals surface area contributed by atoms with Gasteiger partial charge < -0.3 is 34.1 Å². The average Bonchev–Trinajstić information content (AvgIpc) is 3.04. The lowest BCUT2D eigenvalue weighted by molar-refractivity contribution is 0.221. The van der Waals surface area contributed by atoms with Crippen molar-refractivity contribution in [3.05, 3.63) is 94.0 Å². The van der Waals surface area contributed by atoms with Gasteiger partial charge in [-0.05, 0) is 110 Å². The molecule has 4 aliphatic rings. The number of nitrogens with one attached hydrogen (secondary N) is 1. The smallest absolute Gasteiger partial charge is 0.201 e. The summed E-state index contributed by atoms with van der Waals surface area (Å²) in [6, 6.07) is 20.4. The van der Waals surface area contributed by atoms with Crippen LogP contribution in [-0.2, 0) is 25.7 Å². The molecule has 0 spiro atoms. The number of ether oxygens (including phenoxy) is 5. The van der Waals surface area contributed by atoms with E-state index < -0.39 is 0 Å². The maximum atomic E-state index is 11.6. The Morgan fingerprint density at radius 1 is 0.773 bits per heavy atom. The van der Waals surface area contributed by atoms with Gasteiger partial charge in [-0.3, -0.25) is 4.90 Å². The molecule has 6 bridgehead atoms. The van der Waals surface area contributed by atoms with Gasteiger partial charge in [0.1, 0.15) is 5.75 Å². The largest absolute Gasteiger partial charge is 0.502 e. The number of hydrogen-bond acceptors (Lipinski definition) is 8. The van der Waals surface area contributed by atoms with E-state index in [-0.39, 0.29) is 17.8 Å². The summed E-state index contributed by atoms with van der Waals surface area (Å²) in [4.78, 5) is 2.31. The zero-order valence-corrected chi connectivity index (χ0v) is 25.6. The van der Waals surface area contributed by atoms with E-state index in [0.29, 0.717) is 40.9 Å². The third kappa shape index (κ3) is 5.08. The topological polar surface area (TPSA) is 81.7 Å². The molecule has 44 heavy (non-hydrogen) atoms. The standard InChI is InChI=1S/C36H38N2O6/c1-38-14-12-24-19-33(42-4)35(39)36-34(24)28(38)16-22-7-10-29(40-2)31(17-22)43-25-8-5-21(6-9-25)15-27-26-20-32(44-36)30(41-3)18-23(26)11-13-37-27/h5-10,17-20,27-28,37,39H,11-16H2,1-4H3/t27-,28-/m1/s1. The van der Waals surface area contributed by atoms with Crippen molar-refractivity contribution in [3.8, 4) is 46.0 Å². The highest BCUT2D eigenvalue weighted by Crippen LogP contribution is 2.51. The van der Waals surface area contributed by atoms with E-state index in [0.717, 1.165) is 60.4 Å². The first-order valence-corrected chi connectivity index (χ1v) is 15.1. The summed E-state index contributed by atoms with van der Waals surface area (Å²) in [7, 11) is 7.00. The molecule has 8 rings (SSSR count). The first-order chi connectivity index (χ1) is 21.4. The number of fused-ring (bicyclic) bond motifs is 2. The van der Waals surface area contributed by atoms with Crippen molar-refractivity contribution in [1.82, 2.24) is 10.2 Å². The minimum Gasteiger partial charge on any atom is -0.502 e. The monoisotopic (exact) mass is 594 g/mol. The van der Waals surface area contributed by atoms with Crippen LogP contribution in [0, 0.1) is 0 Å². The summed E-state index contributed by atoms with van der Waals surface area (Å²) in [5.74, 6) is 4.05. The Morgan fingerprint density at radius 3 is 2.27 bits per heavy atom. The molecule has 8 nitrogen and oxygen atoms in total. The lowest BCUT2D eigenvalue weighted by Crippen LogP contribution is -2.34. The number of hydrogen-bond donors (Lipinski definition) is 2. The van der Waals surface area contributed by atoms with Crippen LogP contribution in [0.25, 0.3) is 0 Å². The predicted molar refractivity (Wildman–Crippen MR) is 168 cm³/mol. The summed E-state index contributed by atoms with van der Waals surface area (Å²) < 4.78 is 30.3. The van der Waals surface area contributed by atoms with Gasteiger partial charge >= 0.3 is 0 Å². The van der Waals surface area contributed by atoms with Gasteiger partial charge in [-0.2, -0.15) is 0 Å². The number of rotatable bonds is 3. The molecular formula is C36H38N2O6. The van der Waals surface area contributed by atoms with Crippen LogP contribution in [0.1, 0.15) is 45.5 Å². The molecule has 0 amide bonds. The van der Waals surface area contributed by atoms with Crippen LogP contribution in [-0.4, -0.2) is 51.5 Å². The van der Waals surface area contributed by atoms with Gasteiger partial charge in [0.2, 0.25) is 5.75 Å². The molecule has 0 aliphatic carbocycles. The van der Waals surface area contributed by atoms with Crippen molar-refractivity contribution >= 4 is 0 Å². The second-order valence-electron chi connectivity index (χ2n) is 11.8. The molecule has 8 heteroatoms. The van der Waals surface area contributed by atoms with Crippen LogP contribution in [0.5, 0.6) is 46.0 Å². The Morgan fingerprint density at radius 2 is 1.50 bits per heavy atom. The van der Waals surface area contributed by atoms with Crippen molar-refractivity contribution in [2.24, 2.45) is 0 Å². The number of phenolic OH excluding ortho intramolecular Hbond substituents is 1. The van der Waals surface area contributed by atoms with Crippen molar-refractivity contribution in [2.75, 3.05) is 41.5 Å². The molecule has 228 valence electrons. The highest BCUT2D eigenvalue weighted by atomic mass is 16.5. The summed E-state index contributed by atoms with van der Waals surface area (Å²) in [6.45, 7) is 1.73. The van der Waals surface area contributed by atoms with Crippen LogP contribution in [0.4, 0.5) is 0 Å². The van der Waals surface area contributed by atoms with Crippen LogP contribution >= 0.6 is 0 Å². The van der Waals surface area contributed by atoms with Gasteiger partial charge in [0.05, 0.1) is 21.3 Å². The lowest BCUT2D eigenvalue weighted by atomic mass is 9.87. The normalized spacial score (nSPS) is 19.1. The predicted octanol–water partition coefficient (Wildman–Crippen LogP) is 6.52. The van der Waals surface area contributed by atoms with Crippen LogP contribution in [0.3, 0.4) is 0 Å². The second kappa shape index (κ2) is 11.6. The maximum absolute atomic E-state index is 11.6. The number of aromatic hydroxyl groups is 1. The maximum Gasteiger partial charge on any atom is 0.201 e. The summed E-state index contributed by atoms with van der Waals surface area (Å²) in [5.41, 5.74) is 6.69. The molecule has 4 heterocycles. The molecule has 0 unspecified atom stereocenters. The van der Waals surface area contributed by atoms with Gasteiger partial charge in [0.25, 0.3) is 0 Å². The minimum atomic E-state index is -0.0806. The summed E-state index contributed by atoms with van der Waals surface area (Å²) in [5, 5.41) is 15.3. The summed E-state index contributed by atoms with van der Waals surface area (Å²) in [6.07, 6.45) is 3.15. The Labute approximate surface area is 258 Å². The molecule has 4 aromatic carbocycles. The fourth-order valence-corrected chi connectivity index (χ4v) is 6.84. The fourth-order valence-electron chi connectivity index (χ4n) is 6.84. The summed E-state index contributed by atoms with van der Waals surface area (Å²) >= 11 is 0. The Balaban J connectivity index is 1.44. The Bertz CT molecular complexity index is 1700. The quantitative estimate of drug-likeness (QED) is 0.278. The lowest BCUT2D eigenvalue weighted by Gasteiger charge is -2.36. The minimum absolute atomic E-state index is 0.0197. The number of phenols is 1. The van der Waals surface area contributed by atoms with E-state index in [1.54, 1.807) is 21.3 Å². The molecule has 0 saturated heterocycles. The Hall–Kier alpha value is -4.40. The van der Waals surface area contributed by atoms with Crippen LogP contribution < -0.4 is 29.0 Å². The molecule has 0 saturated carbocycles. The van der Waals surface area contributed by atoms with Gasteiger partial charge in [-0.25, -0.2) is 0 Å². The fraction of sp³-hybridized carbons (Fsp3) is 0.333. The van der Waals surface area contributed by atoms with Crippen molar-refractivity contribution in [3.63, 3.8) is 0 Å². The first kappa shape index (κ1) is 28.4. The molecule has 2 N–H and O–H groups in total. The third-order valence-electron chi connectivity index (χ3n) is 9.21. The van der Waals surface area contributed by atoms with Crippen molar-refractivity contribution in [1.29, 1.82) is 0 Å². The van der Waals surface area contributed by atoms with Gasteiger partial charge in [-0.15, -0.1) is 0 Å². The zero-order valence-electron chi connectivity index (χ0n) is 25.6. The number of nitrogens with zero attached hydrogens (tertiary/aromatic N) is 1. The molecule has 0 fully saturated rings. The van der Waals surface area contributed by atoms with E-state index in [1.807, 2.05) is 30.3 Å². The van der Waals surface area contributed by atoms with E-state index in [4.69, 9.17) is 23.7 Å². The highest BCUT2D eigenvalue weighted by molar-refractivity contribution is 5.63. The Kier molecular flexibility index (Phi) is 7.48. The molecule has 4 aromatic rings. The van der Waals surface area contributed by atoms with Gasteiger partial charge in [-0.1, -0.05) is 18.2 Å².